The molecule has 5 rings (SSSR count). The molecule has 1 spiro atoms. The first kappa shape index (κ1) is 19.4. The number of fused-ring (bicyclic) bond motifs is 4. The second-order valence-electron chi connectivity index (χ2n) is 8.19. The van der Waals surface area contributed by atoms with Gasteiger partial charge in [0.25, 0.3) is 0 Å². The van der Waals surface area contributed by atoms with E-state index in [2.05, 4.69) is 57.0 Å². The molecule has 0 saturated carbocycles. The Hall–Kier alpha value is -1.56. The van der Waals surface area contributed by atoms with Gasteiger partial charge in [0.2, 0.25) is 5.72 Å². The third-order valence-corrected chi connectivity index (χ3v) is 7.08. The van der Waals surface area contributed by atoms with Crippen LogP contribution in [0, 0.1) is 0 Å². The summed E-state index contributed by atoms with van der Waals surface area (Å²) < 4.78 is 7.77. The van der Waals surface area contributed by atoms with Crippen molar-refractivity contribution < 1.29 is 4.74 Å². The molecule has 1 fully saturated rings. The van der Waals surface area contributed by atoms with Gasteiger partial charge in [-0.1, -0.05) is 46.6 Å². The van der Waals surface area contributed by atoms with E-state index in [1.807, 2.05) is 18.2 Å². The first-order valence-electron chi connectivity index (χ1n) is 10.4. The predicted molar refractivity (Wildman–Crippen MR) is 121 cm³/mol. The molecular weight excluding hydrogens is 450 g/mol. The number of halogens is 2. The first-order valence-corrected chi connectivity index (χ1v) is 11.6. The van der Waals surface area contributed by atoms with E-state index in [0.717, 1.165) is 65.4 Å². The quantitative estimate of drug-likeness (QED) is 0.559. The molecule has 3 heterocycles. The van der Waals surface area contributed by atoms with Crippen LogP contribution in [-0.2, 0) is 0 Å². The standard InChI is InChI=1S/C23H25BrClN3O/c1-2-11-27-12-9-23(10-13-27)28-21(19-14-18(25)7-8-22(19)29-23)15-20(26-28)16-3-5-17(24)6-4-16/h3-8,14,21H,2,9-13,15H2,1H3. The second-order valence-corrected chi connectivity index (χ2v) is 9.54. The summed E-state index contributed by atoms with van der Waals surface area (Å²) in [5, 5.41) is 8.14. The van der Waals surface area contributed by atoms with Gasteiger partial charge in [0.05, 0.1) is 11.8 Å². The summed E-state index contributed by atoms with van der Waals surface area (Å²) >= 11 is 9.88. The van der Waals surface area contributed by atoms with Gasteiger partial charge in [-0.05, 0) is 48.9 Å². The zero-order valence-corrected chi connectivity index (χ0v) is 18.9. The van der Waals surface area contributed by atoms with Gasteiger partial charge in [-0.2, -0.15) is 5.10 Å². The highest BCUT2D eigenvalue weighted by Gasteiger charge is 2.51. The van der Waals surface area contributed by atoms with Gasteiger partial charge < -0.3 is 9.64 Å². The van der Waals surface area contributed by atoms with Crippen molar-refractivity contribution in [3.05, 3.63) is 63.1 Å². The molecule has 0 N–H and O–H groups in total. The van der Waals surface area contributed by atoms with Crippen LogP contribution in [0.2, 0.25) is 5.02 Å². The molecular formula is C23H25BrClN3O. The van der Waals surface area contributed by atoms with E-state index in [9.17, 15) is 0 Å². The number of hydrogen-bond acceptors (Lipinski definition) is 4. The van der Waals surface area contributed by atoms with Crippen LogP contribution in [0.1, 0.15) is 49.8 Å². The minimum Gasteiger partial charge on any atom is -0.466 e. The largest absolute Gasteiger partial charge is 0.466 e. The fourth-order valence-electron chi connectivity index (χ4n) is 4.84. The minimum atomic E-state index is -0.368. The van der Waals surface area contributed by atoms with Gasteiger partial charge in [0, 0.05) is 47.4 Å². The maximum atomic E-state index is 6.69. The van der Waals surface area contributed by atoms with Crippen LogP contribution < -0.4 is 4.74 Å². The molecule has 1 saturated heterocycles. The molecule has 0 bridgehead atoms. The molecule has 29 heavy (non-hydrogen) atoms. The molecule has 4 nitrogen and oxygen atoms in total. The Bertz CT molecular complexity index is 938. The van der Waals surface area contributed by atoms with Crippen molar-refractivity contribution in [2.45, 2.75) is 44.4 Å². The Balaban J connectivity index is 1.52. The average molecular weight is 475 g/mol. The van der Waals surface area contributed by atoms with Crippen molar-refractivity contribution in [1.29, 1.82) is 0 Å². The van der Waals surface area contributed by atoms with Crippen LogP contribution in [0.15, 0.2) is 52.0 Å². The molecule has 0 amide bonds. The Morgan fingerprint density at radius 3 is 2.66 bits per heavy atom. The molecule has 2 aromatic rings. The molecule has 6 heteroatoms. The summed E-state index contributed by atoms with van der Waals surface area (Å²) in [6.07, 6.45) is 3.98. The lowest BCUT2D eigenvalue weighted by molar-refractivity contribution is -0.149. The highest BCUT2D eigenvalue weighted by atomic mass is 79.9. The molecule has 0 aromatic heterocycles. The SMILES string of the molecule is CCCN1CCC2(CC1)Oc1ccc(Cl)cc1C1CC(c3ccc(Br)cc3)=NN12. The van der Waals surface area contributed by atoms with Crippen molar-refractivity contribution in [1.82, 2.24) is 9.91 Å². The molecule has 0 radical (unpaired) electrons. The van der Waals surface area contributed by atoms with E-state index in [4.69, 9.17) is 21.4 Å². The number of rotatable bonds is 3. The number of hydrazone groups is 1. The van der Waals surface area contributed by atoms with Gasteiger partial charge in [0.15, 0.2) is 0 Å². The fraction of sp³-hybridized carbons (Fsp3) is 0.435. The average Bonchev–Trinajstić information content (AvgIpc) is 3.18. The van der Waals surface area contributed by atoms with Crippen molar-refractivity contribution in [3.8, 4) is 5.75 Å². The highest BCUT2D eigenvalue weighted by Crippen LogP contribution is 2.50. The highest BCUT2D eigenvalue weighted by molar-refractivity contribution is 9.10. The number of likely N-dealkylation sites (tertiary alicyclic amines) is 1. The van der Waals surface area contributed by atoms with Crippen LogP contribution in [0.3, 0.4) is 0 Å². The summed E-state index contributed by atoms with van der Waals surface area (Å²) in [5.41, 5.74) is 3.07. The van der Waals surface area contributed by atoms with Crippen molar-refractivity contribution in [2.75, 3.05) is 19.6 Å². The van der Waals surface area contributed by atoms with Crippen molar-refractivity contribution in [2.24, 2.45) is 5.10 Å². The maximum Gasteiger partial charge on any atom is 0.200 e. The third kappa shape index (κ3) is 3.47. The summed E-state index contributed by atoms with van der Waals surface area (Å²) in [6.45, 7) is 5.48. The Kier molecular flexibility index (Phi) is 5.09. The zero-order valence-electron chi connectivity index (χ0n) is 16.6. The summed E-state index contributed by atoms with van der Waals surface area (Å²) in [5.74, 6) is 0.965. The van der Waals surface area contributed by atoms with Gasteiger partial charge >= 0.3 is 0 Å². The Morgan fingerprint density at radius 2 is 1.93 bits per heavy atom. The van der Waals surface area contributed by atoms with Crippen LogP contribution >= 0.6 is 27.5 Å². The summed E-state index contributed by atoms with van der Waals surface area (Å²) in [4.78, 5) is 2.54. The number of hydrogen-bond donors (Lipinski definition) is 0. The molecule has 152 valence electrons. The smallest absolute Gasteiger partial charge is 0.200 e. The monoisotopic (exact) mass is 473 g/mol. The van der Waals surface area contributed by atoms with E-state index in [1.54, 1.807) is 0 Å². The van der Waals surface area contributed by atoms with Crippen LogP contribution in [0.4, 0.5) is 0 Å². The van der Waals surface area contributed by atoms with E-state index in [1.165, 1.54) is 12.0 Å². The Morgan fingerprint density at radius 1 is 1.17 bits per heavy atom. The van der Waals surface area contributed by atoms with Gasteiger partial charge in [-0.15, -0.1) is 0 Å². The van der Waals surface area contributed by atoms with E-state index in [0.29, 0.717) is 0 Å². The first-order chi connectivity index (χ1) is 14.1. The lowest BCUT2D eigenvalue weighted by Gasteiger charge is -2.51. The fourth-order valence-corrected chi connectivity index (χ4v) is 5.29. The van der Waals surface area contributed by atoms with E-state index < -0.39 is 0 Å². The minimum absolute atomic E-state index is 0.175. The molecule has 0 aliphatic carbocycles. The Labute approximate surface area is 185 Å². The second kappa shape index (κ2) is 7.60. The lowest BCUT2D eigenvalue weighted by Crippen LogP contribution is -2.59. The molecule has 1 unspecified atom stereocenters. The predicted octanol–water partition coefficient (Wildman–Crippen LogP) is 5.85. The van der Waals surface area contributed by atoms with Crippen LogP contribution in [0.25, 0.3) is 0 Å². The van der Waals surface area contributed by atoms with E-state index >= 15 is 0 Å². The maximum absolute atomic E-state index is 6.69. The van der Waals surface area contributed by atoms with Crippen LogP contribution in [0.5, 0.6) is 5.75 Å². The number of nitrogens with zero attached hydrogens (tertiary/aromatic N) is 3. The van der Waals surface area contributed by atoms with Gasteiger partial charge in [-0.25, -0.2) is 5.01 Å². The topological polar surface area (TPSA) is 28.1 Å². The molecule has 3 aliphatic heterocycles. The normalized spacial score (nSPS) is 22.8. The van der Waals surface area contributed by atoms with E-state index in [-0.39, 0.29) is 11.8 Å². The summed E-state index contributed by atoms with van der Waals surface area (Å²) in [7, 11) is 0. The third-order valence-electron chi connectivity index (χ3n) is 6.31. The molecule has 1 atom stereocenters. The number of piperidine rings is 1. The zero-order chi connectivity index (χ0) is 20.0. The lowest BCUT2D eigenvalue weighted by atomic mass is 9.90. The number of benzene rings is 2. The molecule has 3 aliphatic rings. The van der Waals surface area contributed by atoms with Crippen molar-refractivity contribution >= 4 is 33.2 Å². The number of ether oxygens (including phenoxy) is 1. The van der Waals surface area contributed by atoms with Gasteiger partial charge in [0.1, 0.15) is 5.75 Å². The molecule has 2 aromatic carbocycles. The van der Waals surface area contributed by atoms with Crippen LogP contribution in [-0.4, -0.2) is 41.0 Å². The van der Waals surface area contributed by atoms with Gasteiger partial charge in [-0.3, -0.25) is 0 Å². The van der Waals surface area contributed by atoms with Crippen molar-refractivity contribution in [3.63, 3.8) is 0 Å². The summed E-state index contributed by atoms with van der Waals surface area (Å²) in [6, 6.07) is 14.6.